The molecule has 0 unspecified atom stereocenters. The van der Waals surface area contributed by atoms with Crippen molar-refractivity contribution in [3.63, 3.8) is 0 Å². The van der Waals surface area contributed by atoms with E-state index in [-0.39, 0.29) is 12.4 Å². The van der Waals surface area contributed by atoms with Crippen LogP contribution in [0, 0.1) is 5.82 Å². The van der Waals surface area contributed by atoms with E-state index >= 15 is 0 Å². The average molecular weight is 246 g/mol. The molecule has 2 aromatic rings. The first kappa shape index (κ1) is 11.4. The zero-order valence-electron chi connectivity index (χ0n) is 10.0. The number of aromatic nitrogens is 1. The summed E-state index contributed by atoms with van der Waals surface area (Å²) >= 11 is 0. The molecule has 0 spiro atoms. The summed E-state index contributed by atoms with van der Waals surface area (Å²) in [6, 6.07) is 4.86. The van der Waals surface area contributed by atoms with E-state index in [0.717, 1.165) is 41.6 Å². The van der Waals surface area contributed by atoms with Crippen LogP contribution in [0.2, 0.25) is 0 Å². The van der Waals surface area contributed by atoms with Crippen LogP contribution in [-0.4, -0.2) is 29.0 Å². The van der Waals surface area contributed by atoms with Gasteiger partial charge in [-0.1, -0.05) is 0 Å². The molecule has 1 aliphatic rings. The Labute approximate surface area is 104 Å². The van der Waals surface area contributed by atoms with Gasteiger partial charge in [0.25, 0.3) is 0 Å². The maximum absolute atomic E-state index is 13.3. The summed E-state index contributed by atoms with van der Waals surface area (Å²) in [6.07, 6.45) is 2.57. The maximum Gasteiger partial charge on any atom is 0.123 e. The molecule has 1 aromatic carbocycles. The first-order valence-corrected chi connectivity index (χ1v) is 6.20. The molecule has 0 aliphatic heterocycles. The lowest BCUT2D eigenvalue weighted by atomic mass is 9.94. The minimum Gasteiger partial charge on any atom is -0.394 e. The number of nitrogens with one attached hydrogen (secondary N) is 1. The summed E-state index contributed by atoms with van der Waals surface area (Å²) in [5.74, 6) is -0.191. The number of halogens is 1. The predicted octanol–water partition coefficient (Wildman–Crippen LogP) is 2.23. The zero-order valence-corrected chi connectivity index (χ0v) is 10.0. The highest BCUT2D eigenvalue weighted by Gasteiger charge is 2.19. The van der Waals surface area contributed by atoms with E-state index in [1.54, 1.807) is 12.1 Å². The summed E-state index contributed by atoms with van der Waals surface area (Å²) < 4.78 is 13.3. The molecule has 18 heavy (non-hydrogen) atoms. The number of hydrogen-bond acceptors (Lipinski definition) is 2. The molecule has 1 aromatic heterocycles. The lowest BCUT2D eigenvalue weighted by Crippen LogP contribution is -2.14. The third-order valence-corrected chi connectivity index (χ3v) is 3.44. The number of rotatable bonds is 2. The van der Waals surface area contributed by atoms with E-state index in [0.29, 0.717) is 6.54 Å². The molecule has 0 amide bonds. The van der Waals surface area contributed by atoms with Crippen LogP contribution < -0.4 is 0 Å². The summed E-state index contributed by atoms with van der Waals surface area (Å²) in [5, 5.41) is 9.77. The van der Waals surface area contributed by atoms with Crippen LogP contribution in [0.15, 0.2) is 23.2 Å². The largest absolute Gasteiger partial charge is 0.394 e. The van der Waals surface area contributed by atoms with E-state index in [1.165, 1.54) is 11.6 Å². The highest BCUT2D eigenvalue weighted by molar-refractivity contribution is 5.93. The molecule has 0 atom stereocenters. The van der Waals surface area contributed by atoms with Gasteiger partial charge in [0, 0.05) is 28.7 Å². The molecular weight excluding hydrogens is 231 g/mol. The topological polar surface area (TPSA) is 48.4 Å². The van der Waals surface area contributed by atoms with E-state index < -0.39 is 0 Å². The van der Waals surface area contributed by atoms with Gasteiger partial charge in [0.15, 0.2) is 0 Å². The van der Waals surface area contributed by atoms with Crippen molar-refractivity contribution >= 4 is 16.6 Å². The molecule has 0 saturated carbocycles. The molecule has 1 aliphatic carbocycles. The van der Waals surface area contributed by atoms with Crippen molar-refractivity contribution < 1.29 is 9.50 Å². The van der Waals surface area contributed by atoms with Crippen molar-refractivity contribution in [1.82, 2.24) is 4.98 Å². The fourth-order valence-corrected chi connectivity index (χ4v) is 2.62. The number of aliphatic imine (C=N–C) groups is 1. The van der Waals surface area contributed by atoms with Crippen LogP contribution in [-0.2, 0) is 12.8 Å². The summed E-state index contributed by atoms with van der Waals surface area (Å²) in [7, 11) is 0. The van der Waals surface area contributed by atoms with E-state index in [4.69, 9.17) is 5.11 Å². The van der Waals surface area contributed by atoms with Crippen molar-refractivity contribution in [3.05, 3.63) is 35.3 Å². The van der Waals surface area contributed by atoms with E-state index in [9.17, 15) is 4.39 Å². The molecule has 4 heteroatoms. The maximum atomic E-state index is 13.3. The van der Waals surface area contributed by atoms with Crippen LogP contribution in [0.4, 0.5) is 4.39 Å². The molecule has 3 nitrogen and oxygen atoms in total. The minimum atomic E-state index is -0.191. The third kappa shape index (κ3) is 1.93. The van der Waals surface area contributed by atoms with Gasteiger partial charge in [-0.25, -0.2) is 4.39 Å². The Hall–Kier alpha value is -1.68. The van der Waals surface area contributed by atoms with Crippen molar-refractivity contribution in [3.8, 4) is 0 Å². The second kappa shape index (κ2) is 4.53. The molecule has 3 rings (SSSR count). The molecule has 0 bridgehead atoms. The fraction of sp³-hybridized carbons (Fsp3) is 0.357. The van der Waals surface area contributed by atoms with Crippen molar-refractivity contribution in [2.24, 2.45) is 4.99 Å². The Morgan fingerprint density at radius 1 is 1.33 bits per heavy atom. The second-order valence-corrected chi connectivity index (χ2v) is 4.62. The van der Waals surface area contributed by atoms with Gasteiger partial charge in [0.05, 0.1) is 13.2 Å². The molecule has 2 N–H and O–H groups in total. The molecule has 1 heterocycles. The normalized spacial score (nSPS) is 17.3. The van der Waals surface area contributed by atoms with Crippen LogP contribution in [0.5, 0.6) is 0 Å². The Balaban J connectivity index is 2.00. The van der Waals surface area contributed by atoms with Gasteiger partial charge in [-0.05, 0) is 36.6 Å². The Bertz CT molecular complexity index is 616. The highest BCUT2D eigenvalue weighted by atomic mass is 19.1. The van der Waals surface area contributed by atoms with Gasteiger partial charge in [0.2, 0.25) is 0 Å². The number of aromatic amines is 1. The molecule has 0 fully saturated rings. The van der Waals surface area contributed by atoms with Gasteiger partial charge in [0.1, 0.15) is 5.82 Å². The molecule has 94 valence electrons. The summed E-state index contributed by atoms with van der Waals surface area (Å²) in [4.78, 5) is 7.70. The molecule has 0 radical (unpaired) electrons. The predicted molar refractivity (Wildman–Crippen MR) is 69.7 cm³/mol. The Morgan fingerprint density at radius 3 is 3.06 bits per heavy atom. The number of fused-ring (bicyclic) bond motifs is 3. The summed E-state index contributed by atoms with van der Waals surface area (Å²) in [6.45, 7) is 0.563. The monoisotopic (exact) mass is 246 g/mol. The Kier molecular flexibility index (Phi) is 2.88. The SMILES string of the molecule is OCCN=C1CCc2c([nH]c3ccc(F)cc23)C1. The first-order chi connectivity index (χ1) is 8.78. The third-order valence-electron chi connectivity index (χ3n) is 3.44. The number of aliphatic hydroxyl groups excluding tert-OH is 1. The number of nitrogens with zero attached hydrogens (tertiary/aromatic N) is 1. The van der Waals surface area contributed by atoms with Crippen molar-refractivity contribution in [2.75, 3.05) is 13.2 Å². The van der Waals surface area contributed by atoms with Crippen molar-refractivity contribution in [1.29, 1.82) is 0 Å². The van der Waals surface area contributed by atoms with Gasteiger partial charge < -0.3 is 10.1 Å². The average Bonchev–Trinajstić information content (AvgIpc) is 2.73. The van der Waals surface area contributed by atoms with Crippen molar-refractivity contribution in [2.45, 2.75) is 19.3 Å². The van der Waals surface area contributed by atoms with Gasteiger partial charge >= 0.3 is 0 Å². The van der Waals surface area contributed by atoms with Crippen LogP contribution in [0.25, 0.3) is 10.9 Å². The fourth-order valence-electron chi connectivity index (χ4n) is 2.62. The highest BCUT2D eigenvalue weighted by Crippen LogP contribution is 2.28. The zero-order chi connectivity index (χ0) is 12.5. The minimum absolute atomic E-state index is 0.0915. The first-order valence-electron chi connectivity index (χ1n) is 6.20. The number of benzene rings is 1. The molecule has 0 saturated heterocycles. The van der Waals surface area contributed by atoms with Gasteiger partial charge in [-0.15, -0.1) is 0 Å². The van der Waals surface area contributed by atoms with Crippen LogP contribution in [0.3, 0.4) is 0 Å². The van der Waals surface area contributed by atoms with Crippen LogP contribution in [0.1, 0.15) is 17.7 Å². The van der Waals surface area contributed by atoms with E-state index in [2.05, 4.69) is 9.98 Å². The quantitative estimate of drug-likeness (QED) is 0.838. The smallest absolute Gasteiger partial charge is 0.123 e. The number of aryl methyl sites for hydroxylation is 1. The number of hydrogen-bond donors (Lipinski definition) is 2. The van der Waals surface area contributed by atoms with Gasteiger partial charge in [-0.3, -0.25) is 4.99 Å². The lowest BCUT2D eigenvalue weighted by Gasteiger charge is -2.14. The second-order valence-electron chi connectivity index (χ2n) is 4.62. The molecular formula is C14H15FN2O. The van der Waals surface area contributed by atoms with Crippen LogP contribution >= 0.6 is 0 Å². The number of aliphatic hydroxyl groups is 1. The standard InChI is InChI=1S/C14H15FN2O/c15-9-1-4-13-12(7-9)11-3-2-10(16-5-6-18)8-14(11)17-13/h1,4,7,17-18H,2-3,5-6,8H2. The lowest BCUT2D eigenvalue weighted by molar-refractivity contribution is 0.306. The van der Waals surface area contributed by atoms with Gasteiger partial charge in [-0.2, -0.15) is 0 Å². The van der Waals surface area contributed by atoms with E-state index in [1.807, 2.05) is 0 Å². The summed E-state index contributed by atoms with van der Waals surface area (Å²) in [5.41, 5.74) is 4.46. The Morgan fingerprint density at radius 2 is 2.22 bits per heavy atom. The number of H-pyrrole nitrogens is 1.